The Morgan fingerprint density at radius 2 is 1.80 bits per heavy atom. The van der Waals surface area contributed by atoms with Crippen LogP contribution in [-0.2, 0) is 9.47 Å². The van der Waals surface area contributed by atoms with Crippen LogP contribution in [0.2, 0.25) is 0 Å². The Bertz CT molecular complexity index is 91.3. The van der Waals surface area contributed by atoms with Gasteiger partial charge in [-0.15, -0.1) is 0 Å². The highest BCUT2D eigenvalue weighted by Gasteiger charge is 2.27. The van der Waals surface area contributed by atoms with Crippen molar-refractivity contribution in [2.75, 3.05) is 20.8 Å². The Labute approximate surface area is 63.5 Å². The minimum absolute atomic E-state index is 0.130. The van der Waals surface area contributed by atoms with E-state index in [9.17, 15) is 0 Å². The number of ether oxygens (including phenoxy) is 2. The van der Waals surface area contributed by atoms with E-state index < -0.39 is 0 Å². The maximum atomic E-state index is 5.31. The molecule has 62 valence electrons. The first kappa shape index (κ1) is 9.92. The van der Waals surface area contributed by atoms with Crippen LogP contribution in [0.4, 0.5) is 0 Å². The summed E-state index contributed by atoms with van der Waals surface area (Å²) in [5, 5.41) is 0. The van der Waals surface area contributed by atoms with Crippen molar-refractivity contribution in [2.45, 2.75) is 26.4 Å². The molecule has 0 saturated carbocycles. The van der Waals surface area contributed by atoms with E-state index >= 15 is 0 Å². The molecular weight excluding hydrogens is 128 g/mol. The van der Waals surface area contributed by atoms with Crippen LogP contribution >= 0.6 is 0 Å². The zero-order valence-corrected chi connectivity index (χ0v) is 7.60. The third-order valence-corrected chi connectivity index (χ3v) is 2.12. The van der Waals surface area contributed by atoms with E-state index in [1.165, 1.54) is 0 Å². The molecule has 1 atom stereocenters. The molecule has 0 aliphatic rings. The molecule has 10 heavy (non-hydrogen) atoms. The van der Waals surface area contributed by atoms with E-state index in [-0.39, 0.29) is 5.60 Å². The average molecular weight is 146 g/mol. The molecule has 0 N–H and O–H groups in total. The van der Waals surface area contributed by atoms with Crippen LogP contribution in [0.1, 0.15) is 20.8 Å². The van der Waals surface area contributed by atoms with Crippen LogP contribution in [-0.4, -0.2) is 26.4 Å². The van der Waals surface area contributed by atoms with Crippen molar-refractivity contribution in [2.24, 2.45) is 5.92 Å². The quantitative estimate of drug-likeness (QED) is 0.601. The maximum Gasteiger partial charge on any atom is 0.0905 e. The molecule has 0 rings (SSSR count). The van der Waals surface area contributed by atoms with E-state index in [4.69, 9.17) is 9.47 Å². The van der Waals surface area contributed by atoms with E-state index in [1.807, 2.05) is 0 Å². The molecule has 0 heterocycles. The summed E-state index contributed by atoms with van der Waals surface area (Å²) >= 11 is 0. The Morgan fingerprint density at radius 1 is 1.30 bits per heavy atom. The van der Waals surface area contributed by atoms with Crippen molar-refractivity contribution in [3.63, 3.8) is 0 Å². The molecule has 0 aliphatic heterocycles. The number of methoxy groups -OCH3 is 2. The van der Waals surface area contributed by atoms with Crippen LogP contribution in [0.15, 0.2) is 0 Å². The molecule has 2 nitrogen and oxygen atoms in total. The van der Waals surface area contributed by atoms with Gasteiger partial charge in [0.2, 0.25) is 0 Å². The molecule has 0 amide bonds. The van der Waals surface area contributed by atoms with Crippen molar-refractivity contribution < 1.29 is 9.47 Å². The van der Waals surface area contributed by atoms with E-state index in [0.29, 0.717) is 12.5 Å². The molecule has 2 heteroatoms. The van der Waals surface area contributed by atoms with Crippen molar-refractivity contribution in [1.82, 2.24) is 0 Å². The summed E-state index contributed by atoms with van der Waals surface area (Å²) in [6.45, 7) is 6.97. The highest BCUT2D eigenvalue weighted by atomic mass is 16.5. The molecule has 0 saturated heterocycles. The van der Waals surface area contributed by atoms with Gasteiger partial charge in [0.05, 0.1) is 12.2 Å². The summed E-state index contributed by atoms with van der Waals surface area (Å²) in [7, 11) is 3.42. The Kier molecular flexibility index (Phi) is 3.91. The lowest BCUT2D eigenvalue weighted by molar-refractivity contribution is -0.0806. The third-order valence-electron chi connectivity index (χ3n) is 2.12. The maximum absolute atomic E-state index is 5.31. The molecule has 0 unspecified atom stereocenters. The van der Waals surface area contributed by atoms with Crippen LogP contribution in [0, 0.1) is 5.92 Å². The second-order valence-corrected chi connectivity index (χ2v) is 3.10. The van der Waals surface area contributed by atoms with E-state index in [0.717, 1.165) is 0 Å². The minimum Gasteiger partial charge on any atom is -0.382 e. The van der Waals surface area contributed by atoms with Gasteiger partial charge in [0.1, 0.15) is 0 Å². The summed E-state index contributed by atoms with van der Waals surface area (Å²) in [5.41, 5.74) is -0.130. The first-order chi connectivity index (χ1) is 4.56. The average Bonchev–Trinajstić information content (AvgIpc) is 1.88. The monoisotopic (exact) mass is 146 g/mol. The zero-order valence-electron chi connectivity index (χ0n) is 7.60. The molecule has 0 aliphatic carbocycles. The fraction of sp³-hybridized carbons (Fsp3) is 1.00. The molecule has 0 bridgehead atoms. The predicted octanol–water partition coefficient (Wildman–Crippen LogP) is 1.69. The minimum atomic E-state index is -0.130. The fourth-order valence-corrected chi connectivity index (χ4v) is 0.748. The van der Waals surface area contributed by atoms with Crippen molar-refractivity contribution >= 4 is 0 Å². The number of hydrogen-bond donors (Lipinski definition) is 0. The summed E-state index contributed by atoms with van der Waals surface area (Å²) in [5.74, 6) is 0.484. The first-order valence-corrected chi connectivity index (χ1v) is 3.61. The van der Waals surface area contributed by atoms with Crippen LogP contribution in [0.3, 0.4) is 0 Å². The Morgan fingerprint density at radius 3 is 1.90 bits per heavy atom. The van der Waals surface area contributed by atoms with Gasteiger partial charge in [-0.1, -0.05) is 13.8 Å². The van der Waals surface area contributed by atoms with Crippen molar-refractivity contribution in [3.05, 3.63) is 0 Å². The van der Waals surface area contributed by atoms with Gasteiger partial charge in [-0.05, 0) is 12.8 Å². The topological polar surface area (TPSA) is 18.5 Å². The van der Waals surface area contributed by atoms with Gasteiger partial charge in [0, 0.05) is 14.2 Å². The number of rotatable bonds is 4. The Balaban J connectivity index is 3.94. The predicted molar refractivity (Wildman–Crippen MR) is 42.1 cm³/mol. The fourth-order valence-electron chi connectivity index (χ4n) is 0.748. The highest BCUT2D eigenvalue weighted by Crippen LogP contribution is 2.20. The van der Waals surface area contributed by atoms with Gasteiger partial charge in [0.15, 0.2) is 0 Å². The second kappa shape index (κ2) is 3.94. The lowest BCUT2D eigenvalue weighted by atomic mass is 9.93. The first-order valence-electron chi connectivity index (χ1n) is 3.61. The normalized spacial score (nSPS) is 17.4. The largest absolute Gasteiger partial charge is 0.382 e. The SMILES string of the molecule is COC[C@](C)(OC)C(C)C. The molecule has 0 radical (unpaired) electrons. The zero-order chi connectivity index (χ0) is 8.20. The smallest absolute Gasteiger partial charge is 0.0905 e. The molecule has 0 aromatic rings. The molecule has 0 aromatic heterocycles. The van der Waals surface area contributed by atoms with Gasteiger partial charge in [-0.2, -0.15) is 0 Å². The van der Waals surface area contributed by atoms with Crippen LogP contribution in [0.25, 0.3) is 0 Å². The summed E-state index contributed by atoms with van der Waals surface area (Å²) < 4.78 is 10.3. The molecule has 0 spiro atoms. The summed E-state index contributed by atoms with van der Waals surface area (Å²) in [6, 6.07) is 0. The van der Waals surface area contributed by atoms with Crippen LogP contribution < -0.4 is 0 Å². The lowest BCUT2D eigenvalue weighted by Crippen LogP contribution is -2.38. The standard InChI is InChI=1S/C8H18O2/c1-7(2)8(3,10-5)6-9-4/h7H,6H2,1-5H3/t8-/m0/s1. The highest BCUT2D eigenvalue weighted by molar-refractivity contribution is 4.77. The molecular formula is C8H18O2. The lowest BCUT2D eigenvalue weighted by Gasteiger charge is -2.31. The van der Waals surface area contributed by atoms with Crippen molar-refractivity contribution in [1.29, 1.82) is 0 Å². The van der Waals surface area contributed by atoms with Gasteiger partial charge in [0.25, 0.3) is 0 Å². The third kappa shape index (κ3) is 2.27. The van der Waals surface area contributed by atoms with Gasteiger partial charge < -0.3 is 9.47 Å². The summed E-state index contributed by atoms with van der Waals surface area (Å²) in [6.07, 6.45) is 0. The molecule has 0 aromatic carbocycles. The molecule has 0 fully saturated rings. The van der Waals surface area contributed by atoms with Gasteiger partial charge >= 0.3 is 0 Å². The summed E-state index contributed by atoms with van der Waals surface area (Å²) in [4.78, 5) is 0. The van der Waals surface area contributed by atoms with E-state index in [1.54, 1.807) is 14.2 Å². The Hall–Kier alpha value is -0.0800. The second-order valence-electron chi connectivity index (χ2n) is 3.10. The van der Waals surface area contributed by atoms with Crippen LogP contribution in [0.5, 0.6) is 0 Å². The number of hydrogen-bond acceptors (Lipinski definition) is 2. The van der Waals surface area contributed by atoms with Crippen molar-refractivity contribution in [3.8, 4) is 0 Å². The van der Waals surface area contributed by atoms with Gasteiger partial charge in [-0.25, -0.2) is 0 Å². The van der Waals surface area contributed by atoms with E-state index in [2.05, 4.69) is 20.8 Å². The van der Waals surface area contributed by atoms with Gasteiger partial charge in [-0.3, -0.25) is 0 Å².